The van der Waals surface area contributed by atoms with E-state index in [0.29, 0.717) is 24.3 Å². The number of piperazine rings is 1. The highest BCUT2D eigenvalue weighted by Gasteiger charge is 2.18. The number of aliphatic carboxylic acids is 4. The van der Waals surface area contributed by atoms with Gasteiger partial charge >= 0.3 is 23.9 Å². The second-order valence-electron chi connectivity index (χ2n) is 8.32. The largest absolute Gasteiger partial charge is 0.478 e. The van der Waals surface area contributed by atoms with Crippen molar-refractivity contribution in [3.05, 3.63) is 66.5 Å². The minimum Gasteiger partial charge on any atom is -0.478 e. The molecule has 3 heterocycles. The van der Waals surface area contributed by atoms with Crippen LogP contribution < -0.4 is 10.2 Å². The van der Waals surface area contributed by atoms with Gasteiger partial charge in [0.25, 0.3) is 0 Å². The Hall–Kier alpha value is -4.89. The molecule has 5 N–H and O–H groups in total. The van der Waals surface area contributed by atoms with E-state index in [2.05, 4.69) is 48.3 Å². The Bertz CT molecular complexity index is 1270. The molecule has 14 nitrogen and oxygen atoms in total. The molecule has 0 spiro atoms. The van der Waals surface area contributed by atoms with Crippen molar-refractivity contribution in [1.29, 1.82) is 0 Å². The molecule has 1 aliphatic rings. The van der Waals surface area contributed by atoms with Crippen LogP contribution in [0.25, 0.3) is 10.2 Å². The predicted octanol–water partition coefficient (Wildman–Crippen LogP) is 2.05. The maximum atomic E-state index is 9.55. The van der Waals surface area contributed by atoms with Gasteiger partial charge in [-0.15, -0.1) is 0 Å². The van der Waals surface area contributed by atoms with Gasteiger partial charge in [0.05, 0.1) is 10.2 Å². The molecule has 0 unspecified atom stereocenters. The number of thiazole rings is 1. The maximum Gasteiger partial charge on any atom is 0.328 e. The van der Waals surface area contributed by atoms with E-state index in [1.54, 1.807) is 11.3 Å². The van der Waals surface area contributed by atoms with Crippen LogP contribution in [0.4, 0.5) is 11.1 Å². The van der Waals surface area contributed by atoms with Crippen molar-refractivity contribution in [3.63, 3.8) is 0 Å². The predicted molar refractivity (Wildman–Crippen MR) is 152 cm³/mol. The molecule has 218 valence electrons. The van der Waals surface area contributed by atoms with Crippen LogP contribution in [0.2, 0.25) is 0 Å². The van der Waals surface area contributed by atoms with Crippen molar-refractivity contribution in [3.8, 4) is 0 Å². The van der Waals surface area contributed by atoms with E-state index < -0.39 is 23.9 Å². The van der Waals surface area contributed by atoms with Gasteiger partial charge in [0.1, 0.15) is 0 Å². The van der Waals surface area contributed by atoms with Crippen molar-refractivity contribution in [2.24, 2.45) is 0 Å². The van der Waals surface area contributed by atoms with Gasteiger partial charge in [-0.2, -0.15) is 0 Å². The maximum absolute atomic E-state index is 9.55. The van der Waals surface area contributed by atoms with Crippen molar-refractivity contribution >= 4 is 56.5 Å². The monoisotopic (exact) mass is 586 g/mol. The summed E-state index contributed by atoms with van der Waals surface area (Å²) in [5.41, 5.74) is 2.17. The number of para-hydroxylation sites is 1. The molecular weight excluding hydrogens is 556 g/mol. The molecule has 0 bridgehead atoms. The third-order valence-electron chi connectivity index (χ3n) is 5.16. The number of benzene rings is 1. The highest BCUT2D eigenvalue weighted by Crippen LogP contribution is 2.25. The number of carboxylic acids is 4. The van der Waals surface area contributed by atoms with Gasteiger partial charge < -0.3 is 30.6 Å². The number of aromatic nitrogens is 3. The van der Waals surface area contributed by atoms with Crippen LogP contribution >= 0.6 is 11.3 Å². The summed E-state index contributed by atoms with van der Waals surface area (Å²) in [5, 5.41) is 35.7. The summed E-state index contributed by atoms with van der Waals surface area (Å²) in [4.78, 5) is 56.4. The Labute approximate surface area is 238 Å². The number of aryl methyl sites for hydroxylation is 1. The van der Waals surface area contributed by atoms with Crippen molar-refractivity contribution in [2.75, 3.05) is 49.5 Å². The quantitative estimate of drug-likeness (QED) is 0.228. The van der Waals surface area contributed by atoms with Crippen LogP contribution in [0.3, 0.4) is 0 Å². The second-order valence-corrected chi connectivity index (χ2v) is 9.35. The number of rotatable bonds is 9. The van der Waals surface area contributed by atoms with Crippen molar-refractivity contribution in [2.45, 2.75) is 6.92 Å². The summed E-state index contributed by atoms with van der Waals surface area (Å²) >= 11 is 1.72. The molecule has 15 heteroatoms. The lowest BCUT2D eigenvalue weighted by Crippen LogP contribution is -2.48. The zero-order chi connectivity index (χ0) is 30.2. The summed E-state index contributed by atoms with van der Waals surface area (Å²) in [7, 11) is 0. The fourth-order valence-corrected chi connectivity index (χ4v) is 4.17. The van der Waals surface area contributed by atoms with Gasteiger partial charge in [-0.25, -0.2) is 34.1 Å². The number of hydrogen-bond acceptors (Lipinski definition) is 11. The van der Waals surface area contributed by atoms with E-state index in [1.807, 2.05) is 25.4 Å². The van der Waals surface area contributed by atoms with Crippen LogP contribution in [0.1, 0.15) is 5.56 Å². The first-order chi connectivity index (χ1) is 19.5. The third-order valence-corrected chi connectivity index (χ3v) is 6.15. The third kappa shape index (κ3) is 13.1. The molecule has 3 aromatic rings. The molecular formula is C26H30N6O8S. The SMILES string of the molecule is Cc1cnc(N2CCN(CCNc3nc4ccccc4s3)CC2)nc1.O=C(O)C=CC(=O)O.O=C(O)C=CC(=O)O. The van der Waals surface area contributed by atoms with Gasteiger partial charge in [0, 0.05) is 76.0 Å². The lowest BCUT2D eigenvalue weighted by atomic mass is 10.3. The molecule has 0 aliphatic carbocycles. The van der Waals surface area contributed by atoms with E-state index in [4.69, 9.17) is 20.4 Å². The lowest BCUT2D eigenvalue weighted by Gasteiger charge is -2.34. The minimum atomic E-state index is -1.26. The Balaban J connectivity index is 0.000000304. The highest BCUT2D eigenvalue weighted by molar-refractivity contribution is 7.22. The summed E-state index contributed by atoms with van der Waals surface area (Å²) in [6, 6.07) is 8.26. The highest BCUT2D eigenvalue weighted by atomic mass is 32.1. The normalized spacial score (nSPS) is 13.2. The number of carbonyl (C=O) groups is 4. The summed E-state index contributed by atoms with van der Waals surface area (Å²) in [5.74, 6) is -4.18. The lowest BCUT2D eigenvalue weighted by molar-refractivity contribution is -0.134. The van der Waals surface area contributed by atoms with E-state index in [1.165, 1.54) is 4.70 Å². The zero-order valence-corrected chi connectivity index (χ0v) is 22.9. The smallest absolute Gasteiger partial charge is 0.328 e. The molecule has 1 aliphatic heterocycles. The van der Waals surface area contributed by atoms with Crippen LogP contribution in [0.15, 0.2) is 61.0 Å². The molecule has 0 radical (unpaired) electrons. The van der Waals surface area contributed by atoms with E-state index in [-0.39, 0.29) is 0 Å². The number of nitrogens with zero attached hydrogens (tertiary/aromatic N) is 5. The van der Waals surface area contributed by atoms with Crippen LogP contribution in [-0.2, 0) is 19.2 Å². The number of fused-ring (bicyclic) bond motifs is 1. The first kappa shape index (κ1) is 32.3. The average Bonchev–Trinajstić information content (AvgIpc) is 3.35. The van der Waals surface area contributed by atoms with Crippen LogP contribution in [-0.4, -0.2) is 103 Å². The van der Waals surface area contributed by atoms with Crippen LogP contribution in [0.5, 0.6) is 0 Å². The van der Waals surface area contributed by atoms with E-state index in [9.17, 15) is 19.2 Å². The fraction of sp³-hybridized carbons (Fsp3) is 0.269. The summed E-state index contributed by atoms with van der Waals surface area (Å²) in [6.45, 7) is 7.99. The number of nitrogens with one attached hydrogen (secondary N) is 1. The van der Waals surface area contributed by atoms with Gasteiger partial charge in [-0.3, -0.25) is 4.90 Å². The average molecular weight is 587 g/mol. The standard InChI is InChI=1S/C18H22N6S.2C4H4O4/c1-14-12-20-17(21-13-14)24-10-8-23(9-11-24)7-6-19-18-22-15-4-2-3-5-16(15)25-18;2*5-3(6)1-2-4(7)8/h2-5,12-13H,6-11H2,1H3,(H,19,22);2*1-2H,(H,5,6)(H,7,8). The molecule has 2 aromatic heterocycles. The van der Waals surface area contributed by atoms with Gasteiger partial charge in [-0.1, -0.05) is 23.5 Å². The second kappa shape index (κ2) is 16.9. The molecule has 0 amide bonds. The molecule has 0 atom stereocenters. The molecule has 0 saturated carbocycles. The topological polar surface area (TPSA) is 206 Å². The minimum absolute atomic E-state index is 0.558. The van der Waals surface area contributed by atoms with Crippen molar-refractivity contribution < 1.29 is 39.6 Å². The number of anilines is 2. The zero-order valence-electron chi connectivity index (χ0n) is 22.1. The van der Waals surface area contributed by atoms with Gasteiger partial charge in [-0.05, 0) is 24.6 Å². The number of hydrogen-bond donors (Lipinski definition) is 5. The Morgan fingerprint density at radius 3 is 1.85 bits per heavy atom. The molecule has 1 aromatic carbocycles. The molecule has 4 rings (SSSR count). The van der Waals surface area contributed by atoms with E-state index in [0.717, 1.165) is 61.4 Å². The van der Waals surface area contributed by atoms with Crippen LogP contribution in [0, 0.1) is 6.92 Å². The Kier molecular flexibility index (Phi) is 13.4. The number of carboxylic acid groups (broad SMARTS) is 4. The van der Waals surface area contributed by atoms with E-state index >= 15 is 0 Å². The van der Waals surface area contributed by atoms with Gasteiger partial charge in [0.15, 0.2) is 5.13 Å². The molecule has 1 saturated heterocycles. The Morgan fingerprint density at radius 1 is 0.854 bits per heavy atom. The summed E-state index contributed by atoms with van der Waals surface area (Å²) in [6.07, 6.45) is 6.00. The van der Waals surface area contributed by atoms with Crippen molar-refractivity contribution in [1.82, 2.24) is 19.9 Å². The van der Waals surface area contributed by atoms with Gasteiger partial charge in [0.2, 0.25) is 5.95 Å². The Morgan fingerprint density at radius 2 is 1.37 bits per heavy atom. The molecule has 1 fully saturated rings. The molecule has 41 heavy (non-hydrogen) atoms. The summed E-state index contributed by atoms with van der Waals surface area (Å²) < 4.78 is 1.23. The first-order valence-electron chi connectivity index (χ1n) is 12.2. The fourth-order valence-electron chi connectivity index (χ4n) is 3.27. The first-order valence-corrected chi connectivity index (χ1v) is 13.0.